The van der Waals surface area contributed by atoms with Gasteiger partial charge in [0, 0.05) is 13.8 Å². The van der Waals surface area contributed by atoms with E-state index in [0.29, 0.717) is 0 Å². The number of anilines is 1. The van der Waals surface area contributed by atoms with Crippen molar-refractivity contribution in [1.29, 1.82) is 0 Å². The third kappa shape index (κ3) is 4.20. The smallest absolute Gasteiger partial charge is 0.341 e. The number of amides is 1. The van der Waals surface area contributed by atoms with Crippen LogP contribution in [0.15, 0.2) is 12.1 Å². The van der Waals surface area contributed by atoms with Crippen LogP contribution in [0, 0.1) is 0 Å². The lowest BCUT2D eigenvalue weighted by molar-refractivity contribution is -0.132. The Bertz CT molecular complexity index is 567. The Kier molecular flexibility index (Phi) is 5.71. The van der Waals surface area contributed by atoms with Gasteiger partial charge in [0.2, 0.25) is 5.91 Å². The zero-order valence-electron chi connectivity index (χ0n) is 12.3. The normalized spacial score (nSPS) is 9.71. The van der Waals surface area contributed by atoms with E-state index < -0.39 is 11.9 Å². The standard InChI is InChI=1S/C14H17NO6/c1-5-20-12-10(14(18)19-4)6-7-11(15-8(2)16)13(12)21-9(3)17/h6-7H,5H2,1-4H3,(H,15,16). The molecule has 0 aliphatic heterocycles. The molecule has 1 aromatic carbocycles. The summed E-state index contributed by atoms with van der Waals surface area (Å²) >= 11 is 0. The molecule has 0 spiro atoms. The molecule has 0 aliphatic rings. The number of rotatable bonds is 5. The minimum atomic E-state index is -0.638. The van der Waals surface area contributed by atoms with Crippen molar-refractivity contribution in [2.45, 2.75) is 20.8 Å². The predicted molar refractivity (Wildman–Crippen MR) is 74.6 cm³/mol. The second kappa shape index (κ2) is 7.28. The molecule has 1 N–H and O–H groups in total. The van der Waals surface area contributed by atoms with Crippen LogP contribution in [0.5, 0.6) is 11.5 Å². The maximum absolute atomic E-state index is 11.8. The average molecular weight is 295 g/mol. The fraction of sp³-hybridized carbons (Fsp3) is 0.357. The van der Waals surface area contributed by atoms with Crippen LogP contribution in [0.3, 0.4) is 0 Å². The molecule has 0 unspecified atom stereocenters. The molecule has 0 heterocycles. The van der Waals surface area contributed by atoms with Gasteiger partial charge in [0.05, 0.1) is 19.4 Å². The van der Waals surface area contributed by atoms with Crippen molar-refractivity contribution in [3.8, 4) is 11.5 Å². The highest BCUT2D eigenvalue weighted by Gasteiger charge is 2.23. The molecule has 7 heteroatoms. The average Bonchev–Trinajstić information content (AvgIpc) is 2.41. The van der Waals surface area contributed by atoms with E-state index in [9.17, 15) is 14.4 Å². The molecule has 21 heavy (non-hydrogen) atoms. The zero-order chi connectivity index (χ0) is 16.0. The quantitative estimate of drug-likeness (QED) is 0.657. The number of hydrogen-bond acceptors (Lipinski definition) is 6. The Morgan fingerprint density at radius 1 is 1.14 bits per heavy atom. The van der Waals surface area contributed by atoms with E-state index in [4.69, 9.17) is 9.47 Å². The Labute approximate surface area is 122 Å². The molecule has 0 saturated carbocycles. The van der Waals surface area contributed by atoms with Crippen LogP contribution in [-0.4, -0.2) is 31.6 Å². The number of carbonyl (C=O) groups excluding carboxylic acids is 3. The Balaban J connectivity index is 3.47. The van der Waals surface area contributed by atoms with Gasteiger partial charge in [0.1, 0.15) is 5.56 Å². The molecule has 114 valence electrons. The van der Waals surface area contributed by atoms with Gasteiger partial charge in [-0.1, -0.05) is 0 Å². The fourth-order valence-electron chi connectivity index (χ4n) is 1.65. The van der Waals surface area contributed by atoms with Crippen molar-refractivity contribution in [2.24, 2.45) is 0 Å². The molecule has 0 atom stereocenters. The van der Waals surface area contributed by atoms with Crippen LogP contribution in [0.25, 0.3) is 0 Å². The Morgan fingerprint density at radius 3 is 2.29 bits per heavy atom. The van der Waals surface area contributed by atoms with Crippen LogP contribution in [0.2, 0.25) is 0 Å². The molecule has 1 amide bonds. The van der Waals surface area contributed by atoms with E-state index in [-0.39, 0.29) is 35.3 Å². The molecule has 0 fully saturated rings. The second-order valence-corrected chi connectivity index (χ2v) is 4.02. The second-order valence-electron chi connectivity index (χ2n) is 4.02. The highest BCUT2D eigenvalue weighted by atomic mass is 16.6. The van der Waals surface area contributed by atoms with Crippen LogP contribution >= 0.6 is 0 Å². The zero-order valence-corrected chi connectivity index (χ0v) is 12.3. The molecular formula is C14H17NO6. The van der Waals surface area contributed by atoms with Crippen LogP contribution in [-0.2, 0) is 14.3 Å². The van der Waals surface area contributed by atoms with E-state index in [1.807, 2.05) is 0 Å². The van der Waals surface area contributed by atoms with Gasteiger partial charge in [-0.25, -0.2) is 4.79 Å². The van der Waals surface area contributed by atoms with Crippen molar-refractivity contribution in [3.05, 3.63) is 17.7 Å². The lowest BCUT2D eigenvalue weighted by atomic mass is 10.1. The Morgan fingerprint density at radius 2 is 1.81 bits per heavy atom. The minimum absolute atomic E-state index is 0.0255. The van der Waals surface area contributed by atoms with Crippen LogP contribution < -0.4 is 14.8 Å². The number of hydrogen-bond donors (Lipinski definition) is 1. The fourth-order valence-corrected chi connectivity index (χ4v) is 1.65. The number of nitrogens with one attached hydrogen (secondary N) is 1. The van der Waals surface area contributed by atoms with Crippen LogP contribution in [0.1, 0.15) is 31.1 Å². The maximum atomic E-state index is 11.8. The first-order chi connectivity index (χ1) is 9.90. The largest absolute Gasteiger partial charge is 0.489 e. The topological polar surface area (TPSA) is 90.9 Å². The van der Waals surface area contributed by atoms with Crippen molar-refractivity contribution in [3.63, 3.8) is 0 Å². The third-order valence-electron chi connectivity index (χ3n) is 2.36. The number of methoxy groups -OCH3 is 1. The van der Waals surface area contributed by atoms with Crippen molar-refractivity contribution in [2.75, 3.05) is 19.0 Å². The summed E-state index contributed by atoms with van der Waals surface area (Å²) in [6.45, 7) is 4.47. The van der Waals surface area contributed by atoms with Crippen LogP contribution in [0.4, 0.5) is 5.69 Å². The molecule has 0 aromatic heterocycles. The number of benzene rings is 1. The summed E-state index contributed by atoms with van der Waals surface area (Å²) in [5.74, 6) is -1.57. The molecule has 0 radical (unpaired) electrons. The number of ether oxygens (including phenoxy) is 3. The van der Waals surface area contributed by atoms with Gasteiger partial charge < -0.3 is 19.5 Å². The summed E-state index contributed by atoms with van der Waals surface area (Å²) in [6.07, 6.45) is 0. The molecular weight excluding hydrogens is 278 g/mol. The first-order valence-corrected chi connectivity index (χ1v) is 6.24. The third-order valence-corrected chi connectivity index (χ3v) is 2.36. The summed E-state index contributed by atoms with van der Waals surface area (Å²) in [7, 11) is 1.23. The lowest BCUT2D eigenvalue weighted by Gasteiger charge is -2.16. The first kappa shape index (κ1) is 16.5. The molecule has 1 rings (SSSR count). The van der Waals surface area contributed by atoms with Gasteiger partial charge in [-0.15, -0.1) is 0 Å². The van der Waals surface area contributed by atoms with E-state index >= 15 is 0 Å². The van der Waals surface area contributed by atoms with E-state index in [0.717, 1.165) is 0 Å². The monoisotopic (exact) mass is 295 g/mol. The van der Waals surface area contributed by atoms with Gasteiger partial charge in [0.25, 0.3) is 0 Å². The molecule has 0 bridgehead atoms. The van der Waals surface area contributed by atoms with E-state index in [2.05, 4.69) is 10.1 Å². The number of carbonyl (C=O) groups is 3. The van der Waals surface area contributed by atoms with Gasteiger partial charge in [-0.05, 0) is 19.1 Å². The highest BCUT2D eigenvalue weighted by molar-refractivity contribution is 5.98. The molecule has 0 saturated heterocycles. The minimum Gasteiger partial charge on any atom is -0.489 e. The summed E-state index contributed by atoms with van der Waals surface area (Å²) < 4.78 is 15.1. The summed E-state index contributed by atoms with van der Waals surface area (Å²) in [6, 6.07) is 2.86. The first-order valence-electron chi connectivity index (χ1n) is 6.24. The van der Waals surface area contributed by atoms with Crippen molar-refractivity contribution >= 4 is 23.5 Å². The van der Waals surface area contributed by atoms with Gasteiger partial charge in [-0.2, -0.15) is 0 Å². The maximum Gasteiger partial charge on any atom is 0.341 e. The van der Waals surface area contributed by atoms with E-state index in [1.165, 1.54) is 33.1 Å². The van der Waals surface area contributed by atoms with E-state index in [1.54, 1.807) is 6.92 Å². The summed E-state index contributed by atoms with van der Waals surface area (Å²) in [4.78, 5) is 34.2. The Hall–Kier alpha value is -2.57. The SMILES string of the molecule is CCOc1c(C(=O)OC)ccc(NC(C)=O)c1OC(C)=O. The van der Waals surface area contributed by atoms with Gasteiger partial charge >= 0.3 is 11.9 Å². The molecule has 1 aromatic rings. The summed E-state index contributed by atoms with van der Waals surface area (Å²) in [5, 5.41) is 2.51. The number of esters is 2. The summed E-state index contributed by atoms with van der Waals surface area (Å²) in [5.41, 5.74) is 0.332. The van der Waals surface area contributed by atoms with Gasteiger partial charge in [0.15, 0.2) is 11.5 Å². The van der Waals surface area contributed by atoms with Crippen molar-refractivity contribution < 1.29 is 28.6 Å². The van der Waals surface area contributed by atoms with Crippen molar-refractivity contribution in [1.82, 2.24) is 0 Å². The lowest BCUT2D eigenvalue weighted by Crippen LogP contribution is -2.14. The molecule has 7 nitrogen and oxygen atoms in total. The predicted octanol–water partition coefficient (Wildman–Crippen LogP) is 1.76. The van der Waals surface area contributed by atoms with Gasteiger partial charge in [-0.3, -0.25) is 9.59 Å². The highest BCUT2D eigenvalue weighted by Crippen LogP contribution is 2.39. The molecule has 0 aliphatic carbocycles.